The van der Waals surface area contributed by atoms with Gasteiger partial charge in [-0.3, -0.25) is 9.89 Å². The number of hydrogen-bond acceptors (Lipinski definition) is 3. The minimum atomic E-state index is -0.231. The van der Waals surface area contributed by atoms with Gasteiger partial charge in [0.15, 0.2) is 0 Å². The first kappa shape index (κ1) is 13.3. The Morgan fingerprint density at radius 1 is 1.42 bits per heavy atom. The van der Waals surface area contributed by atoms with Gasteiger partial charge in [0.25, 0.3) is 5.91 Å². The Morgan fingerprint density at radius 3 is 2.79 bits per heavy atom. The lowest BCUT2D eigenvalue weighted by atomic mass is 10.1. The monoisotopic (exact) mass is 259 g/mol. The molecule has 100 valence electrons. The van der Waals surface area contributed by atoms with E-state index in [2.05, 4.69) is 15.5 Å². The quantitative estimate of drug-likeness (QED) is 0.762. The van der Waals surface area contributed by atoms with E-state index in [1.807, 2.05) is 37.3 Å². The Morgan fingerprint density at radius 2 is 2.16 bits per heavy atom. The molecule has 0 bridgehead atoms. The van der Waals surface area contributed by atoms with Crippen LogP contribution in [0.25, 0.3) is 11.3 Å². The van der Waals surface area contributed by atoms with Crippen molar-refractivity contribution in [2.45, 2.75) is 19.4 Å². The maximum absolute atomic E-state index is 12.1. The van der Waals surface area contributed by atoms with Crippen LogP contribution in [0.3, 0.4) is 0 Å². The summed E-state index contributed by atoms with van der Waals surface area (Å²) in [6.45, 7) is 1.84. The van der Waals surface area contributed by atoms with Gasteiger partial charge >= 0.3 is 0 Å². The summed E-state index contributed by atoms with van der Waals surface area (Å²) in [4.78, 5) is 12.1. The fourth-order valence-corrected chi connectivity index (χ4v) is 1.82. The highest BCUT2D eigenvalue weighted by atomic mass is 16.3. The first-order valence-corrected chi connectivity index (χ1v) is 6.26. The van der Waals surface area contributed by atoms with Crippen molar-refractivity contribution >= 4 is 5.91 Å². The summed E-state index contributed by atoms with van der Waals surface area (Å²) in [7, 11) is 0. The molecule has 1 amide bonds. The summed E-state index contributed by atoms with van der Waals surface area (Å²) in [6, 6.07) is 9.31. The number of nitrogens with one attached hydrogen (secondary N) is 2. The number of hydrogen-bond donors (Lipinski definition) is 3. The number of carbonyl (C=O) groups excluding carboxylic acids is 1. The van der Waals surface area contributed by atoms with Gasteiger partial charge in [-0.15, -0.1) is 0 Å². The molecule has 1 unspecified atom stereocenters. The summed E-state index contributed by atoms with van der Waals surface area (Å²) in [5.74, 6) is -0.228. The van der Waals surface area contributed by atoms with Crippen LogP contribution in [-0.2, 0) is 0 Å². The van der Waals surface area contributed by atoms with Gasteiger partial charge in [0.1, 0.15) is 0 Å². The Bertz CT molecular complexity index is 533. The second kappa shape index (κ2) is 6.15. The summed E-state index contributed by atoms with van der Waals surface area (Å²) >= 11 is 0. The molecular formula is C14H17N3O2. The molecule has 0 aliphatic rings. The van der Waals surface area contributed by atoms with Crippen LogP contribution in [0.1, 0.15) is 23.7 Å². The molecule has 3 N–H and O–H groups in total. The van der Waals surface area contributed by atoms with Gasteiger partial charge in [-0.25, -0.2) is 0 Å². The van der Waals surface area contributed by atoms with Gasteiger partial charge in [-0.05, 0) is 6.42 Å². The zero-order valence-electron chi connectivity index (χ0n) is 10.8. The van der Waals surface area contributed by atoms with E-state index in [1.54, 1.807) is 0 Å². The minimum absolute atomic E-state index is 0.0687. The van der Waals surface area contributed by atoms with E-state index in [9.17, 15) is 4.79 Å². The van der Waals surface area contributed by atoms with Crippen LogP contribution < -0.4 is 5.32 Å². The number of nitrogens with zero attached hydrogens (tertiary/aromatic N) is 1. The number of aliphatic hydroxyl groups is 1. The Balaban J connectivity index is 2.23. The Labute approximate surface area is 111 Å². The lowest BCUT2D eigenvalue weighted by molar-refractivity contribution is 0.0915. The van der Waals surface area contributed by atoms with Crippen molar-refractivity contribution in [3.8, 4) is 11.3 Å². The number of amides is 1. The molecule has 0 saturated carbocycles. The topological polar surface area (TPSA) is 78.0 Å². The number of aromatic amines is 1. The number of rotatable bonds is 5. The fourth-order valence-electron chi connectivity index (χ4n) is 1.82. The van der Waals surface area contributed by atoms with E-state index in [1.165, 1.54) is 6.20 Å². The molecule has 5 heteroatoms. The molecule has 0 aliphatic carbocycles. The van der Waals surface area contributed by atoms with Crippen LogP contribution in [0.5, 0.6) is 0 Å². The molecule has 0 radical (unpaired) electrons. The summed E-state index contributed by atoms with van der Waals surface area (Å²) in [6.07, 6.45) is 2.18. The molecular weight excluding hydrogens is 242 g/mol. The second-order valence-corrected chi connectivity index (χ2v) is 4.29. The summed E-state index contributed by atoms with van der Waals surface area (Å²) < 4.78 is 0. The molecule has 1 heterocycles. The molecule has 0 fully saturated rings. The highest BCUT2D eigenvalue weighted by Crippen LogP contribution is 2.20. The average molecular weight is 259 g/mol. The van der Waals surface area contributed by atoms with Gasteiger partial charge in [0.05, 0.1) is 30.1 Å². The zero-order valence-corrected chi connectivity index (χ0v) is 10.8. The molecule has 0 spiro atoms. The molecule has 0 saturated heterocycles. The molecule has 1 atom stereocenters. The van der Waals surface area contributed by atoms with Crippen molar-refractivity contribution in [3.63, 3.8) is 0 Å². The Kier molecular flexibility index (Phi) is 4.30. The third kappa shape index (κ3) is 3.00. The maximum atomic E-state index is 12.1. The van der Waals surface area contributed by atoms with Crippen molar-refractivity contribution in [1.82, 2.24) is 15.5 Å². The van der Waals surface area contributed by atoms with Crippen molar-refractivity contribution in [3.05, 3.63) is 42.1 Å². The van der Waals surface area contributed by atoms with Gasteiger partial charge in [-0.2, -0.15) is 5.10 Å². The van der Waals surface area contributed by atoms with Crippen molar-refractivity contribution in [2.24, 2.45) is 0 Å². The summed E-state index contributed by atoms with van der Waals surface area (Å²) in [5.41, 5.74) is 2.08. The molecule has 5 nitrogen and oxygen atoms in total. The highest BCUT2D eigenvalue weighted by molar-refractivity contribution is 5.99. The smallest absolute Gasteiger partial charge is 0.255 e. The fraction of sp³-hybridized carbons (Fsp3) is 0.286. The summed E-state index contributed by atoms with van der Waals surface area (Å²) in [5, 5.41) is 18.7. The van der Waals surface area contributed by atoms with E-state index in [0.29, 0.717) is 17.7 Å². The van der Waals surface area contributed by atoms with E-state index in [4.69, 9.17) is 5.11 Å². The predicted molar refractivity (Wildman–Crippen MR) is 72.7 cm³/mol. The normalized spacial score (nSPS) is 12.1. The van der Waals surface area contributed by atoms with Crippen LogP contribution in [0.15, 0.2) is 36.5 Å². The largest absolute Gasteiger partial charge is 0.394 e. The van der Waals surface area contributed by atoms with Gasteiger partial charge in [0, 0.05) is 5.56 Å². The number of H-pyrrole nitrogens is 1. The van der Waals surface area contributed by atoms with Crippen molar-refractivity contribution < 1.29 is 9.90 Å². The van der Waals surface area contributed by atoms with Gasteiger partial charge in [-0.1, -0.05) is 37.3 Å². The first-order chi connectivity index (χ1) is 9.26. The van der Waals surface area contributed by atoms with Crippen LogP contribution in [-0.4, -0.2) is 33.9 Å². The molecule has 1 aromatic carbocycles. The average Bonchev–Trinajstić information content (AvgIpc) is 2.95. The molecule has 19 heavy (non-hydrogen) atoms. The van der Waals surface area contributed by atoms with E-state index >= 15 is 0 Å². The standard InChI is InChI=1S/C14H17N3O2/c1-2-11(9-18)16-14(19)12-8-15-17-13(12)10-6-4-3-5-7-10/h3-8,11,18H,2,9H2,1H3,(H,15,17)(H,16,19). The molecule has 2 rings (SSSR count). The lowest BCUT2D eigenvalue weighted by Gasteiger charge is -2.13. The second-order valence-electron chi connectivity index (χ2n) is 4.29. The van der Waals surface area contributed by atoms with Crippen LogP contribution in [0.2, 0.25) is 0 Å². The maximum Gasteiger partial charge on any atom is 0.255 e. The van der Waals surface area contributed by atoms with Crippen molar-refractivity contribution in [2.75, 3.05) is 6.61 Å². The Hall–Kier alpha value is -2.14. The predicted octanol–water partition coefficient (Wildman–Crippen LogP) is 1.58. The highest BCUT2D eigenvalue weighted by Gasteiger charge is 2.17. The third-order valence-electron chi connectivity index (χ3n) is 2.99. The van der Waals surface area contributed by atoms with Crippen LogP contribution >= 0.6 is 0 Å². The number of carbonyl (C=O) groups is 1. The van der Waals surface area contributed by atoms with E-state index in [-0.39, 0.29) is 18.6 Å². The minimum Gasteiger partial charge on any atom is -0.394 e. The number of aromatic nitrogens is 2. The van der Waals surface area contributed by atoms with Crippen molar-refractivity contribution in [1.29, 1.82) is 0 Å². The number of aliphatic hydroxyl groups excluding tert-OH is 1. The molecule has 2 aromatic rings. The lowest BCUT2D eigenvalue weighted by Crippen LogP contribution is -2.37. The van der Waals surface area contributed by atoms with E-state index < -0.39 is 0 Å². The molecule has 0 aliphatic heterocycles. The third-order valence-corrected chi connectivity index (χ3v) is 2.99. The van der Waals surface area contributed by atoms with Gasteiger partial charge < -0.3 is 10.4 Å². The van der Waals surface area contributed by atoms with Crippen LogP contribution in [0.4, 0.5) is 0 Å². The van der Waals surface area contributed by atoms with Crippen LogP contribution in [0, 0.1) is 0 Å². The van der Waals surface area contributed by atoms with Gasteiger partial charge in [0.2, 0.25) is 0 Å². The van der Waals surface area contributed by atoms with E-state index in [0.717, 1.165) is 5.56 Å². The number of benzene rings is 1. The molecule has 1 aromatic heterocycles. The SMILES string of the molecule is CCC(CO)NC(=O)c1cn[nH]c1-c1ccccc1. The zero-order chi connectivity index (χ0) is 13.7. The first-order valence-electron chi connectivity index (χ1n) is 6.26.